The lowest BCUT2D eigenvalue weighted by Crippen LogP contribution is -2.47. The Morgan fingerprint density at radius 1 is 1.24 bits per heavy atom. The Morgan fingerprint density at radius 2 is 1.83 bits per heavy atom. The summed E-state index contributed by atoms with van der Waals surface area (Å²) >= 11 is 6.00. The first-order chi connectivity index (χ1) is 13.5. The molecule has 1 amide bonds. The van der Waals surface area contributed by atoms with Gasteiger partial charge in [-0.15, -0.1) is 0 Å². The highest BCUT2D eigenvalue weighted by atomic mass is 35.5. The third-order valence-electron chi connectivity index (χ3n) is 5.67. The molecule has 0 spiro atoms. The van der Waals surface area contributed by atoms with Crippen LogP contribution in [0.4, 0.5) is 0 Å². The molecule has 1 aliphatic rings. The summed E-state index contributed by atoms with van der Waals surface area (Å²) in [6.45, 7) is 5.61. The van der Waals surface area contributed by atoms with Gasteiger partial charge in [-0.3, -0.25) is 14.4 Å². The maximum Gasteiger partial charge on any atom is 0.309 e. The molecule has 1 heterocycles. The Kier molecular flexibility index (Phi) is 5.59. The first-order valence-electron chi connectivity index (χ1n) is 9.55. The molecular weight excluding hydrogens is 392 g/mol. The van der Waals surface area contributed by atoms with E-state index >= 15 is 0 Å². The Hall–Kier alpha value is -2.60. The quantitative estimate of drug-likeness (QED) is 0.753. The molecule has 0 saturated heterocycles. The van der Waals surface area contributed by atoms with Crippen LogP contribution in [-0.2, 0) is 18.3 Å². The number of halogens is 1. The molecule has 0 bridgehead atoms. The number of carbonyl (C=O) groups is 2. The van der Waals surface area contributed by atoms with Crippen LogP contribution in [0.5, 0.6) is 0 Å². The summed E-state index contributed by atoms with van der Waals surface area (Å²) in [5, 5.41) is 12.9. The third kappa shape index (κ3) is 4.22. The molecular formula is C22H25ClN2O4. The minimum absolute atomic E-state index is 0.0420. The lowest BCUT2D eigenvalue weighted by Gasteiger charge is -2.27. The van der Waals surface area contributed by atoms with Gasteiger partial charge in [0.15, 0.2) is 0 Å². The zero-order valence-electron chi connectivity index (χ0n) is 17.0. The van der Waals surface area contributed by atoms with E-state index in [-0.39, 0.29) is 12.0 Å². The number of pyridine rings is 1. The number of carboxylic acid groups (broad SMARTS) is 1. The standard InChI is InChI=1S/C22H25ClN2O4/c1-12-18(13-5-9-15(23)10-6-13)16(11-17(26)27)25(4)21(29)19(12)20(28)24-22(2,3)14-7-8-14/h5-6,9-10,14H,7-8,11H2,1-4H3,(H,24,28)(H,26,27). The second kappa shape index (κ2) is 7.67. The predicted octanol–water partition coefficient (Wildman–Crippen LogP) is 3.56. The molecule has 6 nitrogen and oxygen atoms in total. The van der Waals surface area contributed by atoms with Gasteiger partial charge in [-0.1, -0.05) is 23.7 Å². The molecule has 1 fully saturated rings. The van der Waals surface area contributed by atoms with E-state index in [1.807, 2.05) is 13.8 Å². The van der Waals surface area contributed by atoms with Crippen molar-refractivity contribution in [2.24, 2.45) is 13.0 Å². The third-order valence-corrected chi connectivity index (χ3v) is 5.93. The number of benzene rings is 1. The molecule has 1 aromatic heterocycles. The number of carboxylic acids is 1. The van der Waals surface area contributed by atoms with Crippen molar-refractivity contribution in [1.82, 2.24) is 9.88 Å². The summed E-state index contributed by atoms with van der Waals surface area (Å²) in [6.07, 6.45) is 1.77. The van der Waals surface area contributed by atoms with Gasteiger partial charge in [0.1, 0.15) is 5.56 Å². The van der Waals surface area contributed by atoms with E-state index in [0.29, 0.717) is 33.3 Å². The van der Waals surface area contributed by atoms with Crippen LogP contribution in [0.1, 0.15) is 48.3 Å². The molecule has 1 saturated carbocycles. The van der Waals surface area contributed by atoms with Gasteiger partial charge in [-0.2, -0.15) is 0 Å². The average Bonchev–Trinajstić information content (AvgIpc) is 3.46. The smallest absolute Gasteiger partial charge is 0.309 e. The van der Waals surface area contributed by atoms with Crippen molar-refractivity contribution < 1.29 is 14.7 Å². The molecule has 2 N–H and O–H groups in total. The van der Waals surface area contributed by atoms with E-state index in [0.717, 1.165) is 12.8 Å². The number of amides is 1. The lowest BCUT2D eigenvalue weighted by molar-refractivity contribution is -0.136. The zero-order chi connectivity index (χ0) is 21.5. The second-order valence-corrected chi connectivity index (χ2v) is 8.65. The fourth-order valence-electron chi connectivity index (χ4n) is 3.84. The van der Waals surface area contributed by atoms with E-state index < -0.39 is 23.0 Å². The predicted molar refractivity (Wildman–Crippen MR) is 112 cm³/mol. The van der Waals surface area contributed by atoms with Gasteiger partial charge in [0.2, 0.25) is 0 Å². The van der Waals surface area contributed by atoms with Crippen molar-refractivity contribution in [3.05, 3.63) is 56.5 Å². The maximum absolute atomic E-state index is 13.1. The van der Waals surface area contributed by atoms with Crippen LogP contribution in [0.25, 0.3) is 11.1 Å². The number of nitrogens with zero attached hydrogens (tertiary/aromatic N) is 1. The van der Waals surface area contributed by atoms with Gasteiger partial charge in [0.05, 0.1) is 6.42 Å². The number of hydrogen-bond acceptors (Lipinski definition) is 3. The molecule has 0 aliphatic heterocycles. The summed E-state index contributed by atoms with van der Waals surface area (Å²) in [6, 6.07) is 6.91. The Bertz CT molecular complexity index is 1030. The van der Waals surface area contributed by atoms with Gasteiger partial charge in [0, 0.05) is 28.9 Å². The van der Waals surface area contributed by atoms with E-state index in [9.17, 15) is 19.5 Å². The average molecular weight is 417 g/mol. The molecule has 154 valence electrons. The fraction of sp³-hybridized carbons (Fsp3) is 0.409. The highest BCUT2D eigenvalue weighted by Crippen LogP contribution is 2.39. The van der Waals surface area contributed by atoms with Gasteiger partial charge < -0.3 is 15.0 Å². The van der Waals surface area contributed by atoms with Gasteiger partial charge >= 0.3 is 5.97 Å². The number of nitrogens with one attached hydrogen (secondary N) is 1. The molecule has 0 atom stereocenters. The molecule has 0 unspecified atom stereocenters. The molecule has 29 heavy (non-hydrogen) atoms. The van der Waals surface area contributed by atoms with Crippen LogP contribution < -0.4 is 10.9 Å². The molecule has 3 rings (SSSR count). The number of aromatic nitrogens is 1. The zero-order valence-corrected chi connectivity index (χ0v) is 17.8. The minimum atomic E-state index is -1.05. The van der Waals surface area contributed by atoms with Gasteiger partial charge in [-0.05, 0) is 62.8 Å². The molecule has 0 radical (unpaired) electrons. The number of carbonyl (C=O) groups excluding carboxylic acids is 1. The molecule has 2 aromatic rings. The monoisotopic (exact) mass is 416 g/mol. The van der Waals surface area contributed by atoms with Crippen molar-refractivity contribution in [1.29, 1.82) is 0 Å². The SMILES string of the molecule is Cc1c(-c2ccc(Cl)cc2)c(CC(=O)O)n(C)c(=O)c1C(=O)NC(C)(C)C1CC1. The number of aliphatic carboxylic acids is 1. The lowest BCUT2D eigenvalue weighted by atomic mass is 9.92. The highest BCUT2D eigenvalue weighted by Gasteiger charge is 2.39. The molecule has 7 heteroatoms. The summed E-state index contributed by atoms with van der Waals surface area (Å²) < 4.78 is 1.27. The van der Waals surface area contributed by atoms with Crippen molar-refractivity contribution >= 4 is 23.5 Å². The van der Waals surface area contributed by atoms with Crippen LogP contribution in [0.15, 0.2) is 29.1 Å². The largest absolute Gasteiger partial charge is 0.481 e. The van der Waals surface area contributed by atoms with Crippen LogP contribution in [0.3, 0.4) is 0 Å². The van der Waals surface area contributed by atoms with Gasteiger partial charge in [-0.25, -0.2) is 0 Å². The van der Waals surface area contributed by atoms with Crippen molar-refractivity contribution in [2.75, 3.05) is 0 Å². The van der Waals surface area contributed by atoms with Crippen molar-refractivity contribution in [2.45, 2.75) is 45.6 Å². The minimum Gasteiger partial charge on any atom is -0.481 e. The summed E-state index contributed by atoms with van der Waals surface area (Å²) in [4.78, 5) is 37.6. The Morgan fingerprint density at radius 3 is 2.34 bits per heavy atom. The van der Waals surface area contributed by atoms with Crippen LogP contribution >= 0.6 is 11.6 Å². The van der Waals surface area contributed by atoms with E-state index in [1.165, 1.54) is 11.6 Å². The summed E-state index contributed by atoms with van der Waals surface area (Å²) in [7, 11) is 1.50. The van der Waals surface area contributed by atoms with Crippen LogP contribution in [0.2, 0.25) is 5.02 Å². The van der Waals surface area contributed by atoms with Crippen LogP contribution in [-0.4, -0.2) is 27.1 Å². The van der Waals surface area contributed by atoms with E-state index in [2.05, 4.69) is 5.32 Å². The normalized spacial score (nSPS) is 14.0. The second-order valence-electron chi connectivity index (χ2n) is 8.21. The first-order valence-corrected chi connectivity index (χ1v) is 9.93. The maximum atomic E-state index is 13.1. The van der Waals surface area contributed by atoms with E-state index in [1.54, 1.807) is 31.2 Å². The highest BCUT2D eigenvalue weighted by molar-refractivity contribution is 6.30. The fourth-order valence-corrected chi connectivity index (χ4v) is 3.97. The van der Waals surface area contributed by atoms with Crippen molar-refractivity contribution in [3.8, 4) is 11.1 Å². The summed E-state index contributed by atoms with van der Waals surface area (Å²) in [5.74, 6) is -1.09. The van der Waals surface area contributed by atoms with Crippen molar-refractivity contribution in [3.63, 3.8) is 0 Å². The Balaban J connectivity index is 2.19. The van der Waals surface area contributed by atoms with E-state index in [4.69, 9.17) is 11.6 Å². The Labute approximate surface area is 174 Å². The molecule has 1 aromatic carbocycles. The number of hydrogen-bond donors (Lipinski definition) is 2. The molecule has 1 aliphatic carbocycles. The van der Waals surface area contributed by atoms with Crippen LogP contribution in [0, 0.1) is 12.8 Å². The van der Waals surface area contributed by atoms with Gasteiger partial charge in [0.25, 0.3) is 11.5 Å². The number of rotatable bonds is 6. The topological polar surface area (TPSA) is 88.4 Å². The summed E-state index contributed by atoms with van der Waals surface area (Å²) in [5.41, 5.74) is 1.22. The first kappa shape index (κ1) is 21.1.